The van der Waals surface area contributed by atoms with Crippen molar-refractivity contribution in [1.29, 1.82) is 0 Å². The van der Waals surface area contributed by atoms with Crippen LogP contribution in [-0.4, -0.2) is 77.1 Å². The molecule has 1 aromatic heterocycles. The Kier molecular flexibility index (Phi) is 8.42. The van der Waals surface area contributed by atoms with Gasteiger partial charge >= 0.3 is 11.9 Å². The van der Waals surface area contributed by atoms with Gasteiger partial charge in [0, 0.05) is 61.5 Å². The minimum Gasteiger partial charge on any atom is -0.478 e. The molecule has 0 unspecified atom stereocenters. The molecule has 0 radical (unpaired) electrons. The summed E-state index contributed by atoms with van der Waals surface area (Å²) in [6.07, 6.45) is 1.47. The number of likely N-dealkylation sites (tertiary alicyclic amines) is 1. The van der Waals surface area contributed by atoms with E-state index in [1.54, 1.807) is 24.6 Å². The van der Waals surface area contributed by atoms with E-state index >= 15 is 4.39 Å². The molecule has 3 aliphatic rings. The van der Waals surface area contributed by atoms with Gasteiger partial charge in [-0.25, -0.2) is 27.7 Å². The molecule has 3 aliphatic heterocycles. The highest BCUT2D eigenvalue weighted by Crippen LogP contribution is 2.42. The minimum atomic E-state index is -2.15. The van der Waals surface area contributed by atoms with E-state index in [-0.39, 0.29) is 61.5 Å². The number of piperidine rings is 1. The first kappa shape index (κ1) is 31.4. The van der Waals surface area contributed by atoms with Gasteiger partial charge in [-0.1, -0.05) is 12.1 Å². The number of alkyl halides is 1. The SMILES string of the molecule is CCOC(=O)C1=C(CN2CC[C@]3(F)C(=O)N(c4cccc(C(=O)O)c4)C[C@@H]3C2)NC(c2nccs2)=N[C@H]1c1ccc(F)c(F)c1C. The number of esters is 1. The van der Waals surface area contributed by atoms with Crippen molar-refractivity contribution in [3.63, 3.8) is 0 Å². The zero-order valence-electron chi connectivity index (χ0n) is 24.9. The molecule has 1 amide bonds. The maximum atomic E-state index is 16.3. The molecule has 3 atom stereocenters. The predicted molar refractivity (Wildman–Crippen MR) is 163 cm³/mol. The Bertz CT molecular complexity index is 1780. The minimum absolute atomic E-state index is 0.00741. The van der Waals surface area contributed by atoms with Crippen molar-refractivity contribution in [1.82, 2.24) is 15.2 Å². The fourth-order valence-electron chi connectivity index (χ4n) is 6.29. The maximum Gasteiger partial charge on any atom is 0.338 e. The maximum absolute atomic E-state index is 16.3. The number of carbonyl (C=O) groups is 3. The molecule has 0 saturated carbocycles. The molecular formula is C32H30F3N5O5S. The van der Waals surface area contributed by atoms with Crippen LogP contribution in [0.15, 0.2) is 64.2 Å². The normalized spacial score (nSPS) is 23.2. The highest BCUT2D eigenvalue weighted by molar-refractivity contribution is 7.11. The molecule has 2 N–H and O–H groups in total. The number of ether oxygens (including phenoxy) is 1. The lowest BCUT2D eigenvalue weighted by Crippen LogP contribution is -2.52. The largest absolute Gasteiger partial charge is 0.478 e. The molecule has 0 aliphatic carbocycles. The van der Waals surface area contributed by atoms with Gasteiger partial charge in [-0.15, -0.1) is 11.3 Å². The van der Waals surface area contributed by atoms with E-state index in [0.29, 0.717) is 22.2 Å². The van der Waals surface area contributed by atoms with Gasteiger partial charge in [0.15, 0.2) is 28.1 Å². The highest BCUT2D eigenvalue weighted by Gasteiger charge is 2.57. The van der Waals surface area contributed by atoms with Gasteiger partial charge in [-0.3, -0.25) is 14.7 Å². The third-order valence-electron chi connectivity index (χ3n) is 8.64. The van der Waals surface area contributed by atoms with Crippen molar-refractivity contribution in [2.24, 2.45) is 10.9 Å². The number of aromatic nitrogens is 1. The van der Waals surface area contributed by atoms with Crippen LogP contribution < -0.4 is 10.2 Å². The Hall–Kier alpha value is -4.56. The lowest BCUT2D eigenvalue weighted by molar-refractivity contribution is -0.139. The number of fused-ring (bicyclic) bond motifs is 1. The summed E-state index contributed by atoms with van der Waals surface area (Å²) in [5, 5.41) is 14.9. The van der Waals surface area contributed by atoms with Crippen LogP contribution >= 0.6 is 11.3 Å². The summed E-state index contributed by atoms with van der Waals surface area (Å²) in [7, 11) is 0. The molecular weight excluding hydrogens is 623 g/mol. The van der Waals surface area contributed by atoms with Crippen LogP contribution in [0.3, 0.4) is 0 Å². The number of rotatable bonds is 8. The Labute approximate surface area is 266 Å². The van der Waals surface area contributed by atoms with E-state index in [4.69, 9.17) is 9.73 Å². The van der Waals surface area contributed by atoms with Gasteiger partial charge < -0.3 is 20.1 Å². The molecule has 0 bridgehead atoms. The zero-order chi connectivity index (χ0) is 32.7. The number of nitrogens with zero attached hydrogens (tertiary/aromatic N) is 4. The highest BCUT2D eigenvalue weighted by atomic mass is 32.1. The number of benzene rings is 2. The van der Waals surface area contributed by atoms with Crippen LogP contribution in [0.1, 0.15) is 45.9 Å². The number of amidine groups is 1. The van der Waals surface area contributed by atoms with Gasteiger partial charge in [-0.2, -0.15) is 0 Å². The molecule has 46 heavy (non-hydrogen) atoms. The lowest BCUT2D eigenvalue weighted by Gasteiger charge is -2.38. The summed E-state index contributed by atoms with van der Waals surface area (Å²) in [6.45, 7) is 3.58. The van der Waals surface area contributed by atoms with Gasteiger partial charge in [0.25, 0.3) is 5.91 Å². The summed E-state index contributed by atoms with van der Waals surface area (Å²) in [5.74, 6) is -5.06. The van der Waals surface area contributed by atoms with Crippen molar-refractivity contribution in [3.8, 4) is 0 Å². The number of thiazole rings is 1. The van der Waals surface area contributed by atoms with E-state index in [1.807, 2.05) is 4.90 Å². The lowest BCUT2D eigenvalue weighted by atomic mass is 9.84. The summed E-state index contributed by atoms with van der Waals surface area (Å²) in [5.41, 5.74) is -1.10. The number of carbonyl (C=O) groups excluding carboxylic acids is 2. The number of nitrogens with one attached hydrogen (secondary N) is 1. The first-order valence-electron chi connectivity index (χ1n) is 14.7. The molecule has 240 valence electrons. The number of carboxylic acid groups (broad SMARTS) is 1. The zero-order valence-corrected chi connectivity index (χ0v) is 25.7. The summed E-state index contributed by atoms with van der Waals surface area (Å²) >= 11 is 1.30. The van der Waals surface area contributed by atoms with Gasteiger partial charge in [0.1, 0.15) is 6.04 Å². The number of hydrogen-bond donors (Lipinski definition) is 2. The fourth-order valence-corrected chi connectivity index (χ4v) is 6.88. The number of halogens is 3. The number of carboxylic acids is 1. The van der Waals surface area contributed by atoms with Crippen molar-refractivity contribution in [3.05, 3.63) is 92.6 Å². The predicted octanol–water partition coefficient (Wildman–Crippen LogP) is 4.41. The average Bonchev–Trinajstić information content (AvgIpc) is 3.67. The van der Waals surface area contributed by atoms with Crippen molar-refractivity contribution < 1.29 is 37.4 Å². The second-order valence-electron chi connectivity index (χ2n) is 11.3. The Morgan fingerprint density at radius 2 is 2.02 bits per heavy atom. The molecule has 6 rings (SSSR count). The van der Waals surface area contributed by atoms with E-state index < -0.39 is 47.1 Å². The number of anilines is 1. The van der Waals surface area contributed by atoms with E-state index in [9.17, 15) is 28.3 Å². The first-order valence-corrected chi connectivity index (χ1v) is 15.6. The quantitative estimate of drug-likeness (QED) is 0.343. The van der Waals surface area contributed by atoms with Crippen LogP contribution in [0, 0.1) is 24.5 Å². The Balaban J connectivity index is 1.34. The smallest absolute Gasteiger partial charge is 0.338 e. The third kappa shape index (κ3) is 5.55. The molecule has 10 nitrogen and oxygen atoms in total. The van der Waals surface area contributed by atoms with Gasteiger partial charge in [-0.05, 0) is 49.2 Å². The molecule has 3 aromatic rings. The van der Waals surface area contributed by atoms with E-state index in [2.05, 4.69) is 10.3 Å². The molecule has 2 fully saturated rings. The third-order valence-corrected chi connectivity index (χ3v) is 9.42. The molecule has 4 heterocycles. The molecule has 0 spiro atoms. The van der Waals surface area contributed by atoms with Crippen molar-refractivity contribution >= 4 is 40.7 Å². The summed E-state index contributed by atoms with van der Waals surface area (Å²) in [6, 6.07) is 7.15. The number of aromatic carboxylic acids is 1. The topological polar surface area (TPSA) is 124 Å². The van der Waals surface area contributed by atoms with Crippen LogP contribution in [-0.2, 0) is 14.3 Å². The van der Waals surface area contributed by atoms with Gasteiger partial charge in [0.05, 0.1) is 17.7 Å². The molecule has 14 heteroatoms. The number of aliphatic imine (C=N–C) groups is 1. The summed E-state index contributed by atoms with van der Waals surface area (Å²) in [4.78, 5) is 50.6. The molecule has 2 aromatic carbocycles. The van der Waals surface area contributed by atoms with Crippen LogP contribution in [0.4, 0.5) is 18.9 Å². The van der Waals surface area contributed by atoms with Gasteiger partial charge in [0.2, 0.25) is 0 Å². The second kappa shape index (κ2) is 12.3. The number of hydrogen-bond acceptors (Lipinski definition) is 9. The number of amides is 1. The van der Waals surface area contributed by atoms with E-state index in [0.717, 1.165) is 6.07 Å². The van der Waals surface area contributed by atoms with Crippen LogP contribution in [0.2, 0.25) is 0 Å². The Morgan fingerprint density at radius 3 is 2.74 bits per heavy atom. The fraction of sp³-hybridized carbons (Fsp3) is 0.344. The van der Waals surface area contributed by atoms with Crippen LogP contribution in [0.5, 0.6) is 0 Å². The Morgan fingerprint density at radius 1 is 1.22 bits per heavy atom. The van der Waals surface area contributed by atoms with Crippen LogP contribution in [0.25, 0.3) is 0 Å². The summed E-state index contributed by atoms with van der Waals surface area (Å²) < 4.78 is 50.6. The first-order chi connectivity index (χ1) is 22.0. The monoisotopic (exact) mass is 653 g/mol. The molecule has 2 saturated heterocycles. The van der Waals surface area contributed by atoms with Crippen molar-refractivity contribution in [2.75, 3.05) is 37.7 Å². The standard InChI is InChI=1S/C32H30F3N5O5S/c1-3-45-30(43)24-23(37-27(28-36-10-12-46-28)38-26(24)21-7-8-22(33)25(34)17(21)2)16-39-11-9-32(35)19(14-39)15-40(31(32)44)20-6-4-5-18(13-20)29(41)42/h4-8,10,12-13,19,26H,3,9,11,14-16H2,1-2H3,(H,37,38)(H,41,42)/t19-,26-,32+/m0/s1. The second-order valence-corrected chi connectivity index (χ2v) is 12.2. The van der Waals surface area contributed by atoms with Crippen molar-refractivity contribution in [2.45, 2.75) is 32.0 Å². The van der Waals surface area contributed by atoms with E-state index in [1.165, 1.54) is 47.4 Å². The average molecular weight is 654 g/mol.